The SMILES string of the molecule is COc1cccc(C(Nc2cn[nH]c(=O)c2Cl)c2cc(F)ccc2OC)c1. The van der Waals surface area contributed by atoms with E-state index in [4.69, 9.17) is 21.1 Å². The zero-order valence-electron chi connectivity index (χ0n) is 14.6. The Morgan fingerprint density at radius 2 is 2.00 bits per heavy atom. The Hall–Kier alpha value is -3.06. The van der Waals surface area contributed by atoms with Gasteiger partial charge in [-0.25, -0.2) is 9.49 Å². The topological polar surface area (TPSA) is 76.2 Å². The van der Waals surface area contributed by atoms with Gasteiger partial charge in [0.2, 0.25) is 0 Å². The number of aromatic nitrogens is 2. The largest absolute Gasteiger partial charge is 0.497 e. The molecule has 1 unspecified atom stereocenters. The highest BCUT2D eigenvalue weighted by atomic mass is 35.5. The van der Waals surface area contributed by atoms with Gasteiger partial charge in [0, 0.05) is 5.56 Å². The summed E-state index contributed by atoms with van der Waals surface area (Å²) in [6, 6.07) is 10.9. The molecule has 3 aromatic rings. The van der Waals surface area contributed by atoms with E-state index >= 15 is 0 Å². The summed E-state index contributed by atoms with van der Waals surface area (Å²) in [6.45, 7) is 0. The Labute approximate surface area is 159 Å². The van der Waals surface area contributed by atoms with E-state index in [9.17, 15) is 9.18 Å². The molecule has 140 valence electrons. The molecule has 1 aromatic heterocycles. The number of aromatic amines is 1. The van der Waals surface area contributed by atoms with Gasteiger partial charge in [-0.1, -0.05) is 23.7 Å². The van der Waals surface area contributed by atoms with Gasteiger partial charge in [-0.15, -0.1) is 0 Å². The van der Waals surface area contributed by atoms with Crippen molar-refractivity contribution in [2.24, 2.45) is 0 Å². The highest BCUT2D eigenvalue weighted by Crippen LogP contribution is 2.35. The Balaban J connectivity index is 2.16. The van der Waals surface area contributed by atoms with Crippen LogP contribution in [0.1, 0.15) is 17.2 Å². The lowest BCUT2D eigenvalue weighted by Gasteiger charge is -2.23. The van der Waals surface area contributed by atoms with Gasteiger partial charge in [0.05, 0.1) is 32.1 Å². The number of H-pyrrole nitrogens is 1. The second-order valence-corrected chi connectivity index (χ2v) is 6.04. The molecule has 2 N–H and O–H groups in total. The number of nitrogens with zero attached hydrogens (tertiary/aromatic N) is 1. The van der Waals surface area contributed by atoms with Crippen LogP contribution in [0.2, 0.25) is 5.02 Å². The molecule has 0 bridgehead atoms. The van der Waals surface area contributed by atoms with Crippen molar-refractivity contribution in [2.45, 2.75) is 6.04 Å². The van der Waals surface area contributed by atoms with Crippen LogP contribution in [0.3, 0.4) is 0 Å². The molecule has 0 aliphatic carbocycles. The van der Waals surface area contributed by atoms with Gasteiger partial charge in [-0.05, 0) is 35.9 Å². The first-order chi connectivity index (χ1) is 13.0. The molecule has 1 atom stereocenters. The zero-order chi connectivity index (χ0) is 19.4. The maximum Gasteiger partial charge on any atom is 0.285 e. The predicted octanol–water partition coefficient (Wildman–Crippen LogP) is 3.78. The summed E-state index contributed by atoms with van der Waals surface area (Å²) in [5.74, 6) is 0.686. The van der Waals surface area contributed by atoms with Crippen LogP contribution in [-0.2, 0) is 0 Å². The molecule has 27 heavy (non-hydrogen) atoms. The fourth-order valence-electron chi connectivity index (χ4n) is 2.73. The molecule has 3 rings (SSSR count). The van der Waals surface area contributed by atoms with E-state index in [0.29, 0.717) is 22.7 Å². The van der Waals surface area contributed by atoms with Crippen LogP contribution in [0.15, 0.2) is 53.5 Å². The number of halogens is 2. The number of rotatable bonds is 6. The summed E-state index contributed by atoms with van der Waals surface area (Å²) in [4.78, 5) is 11.8. The third-order valence-electron chi connectivity index (χ3n) is 4.03. The van der Waals surface area contributed by atoms with Crippen molar-refractivity contribution in [2.75, 3.05) is 19.5 Å². The summed E-state index contributed by atoms with van der Waals surface area (Å²) in [6.07, 6.45) is 1.39. The first-order valence-electron chi connectivity index (χ1n) is 8.00. The Morgan fingerprint density at radius 3 is 2.74 bits per heavy atom. The molecular weight excluding hydrogens is 373 g/mol. The molecule has 1 heterocycles. The van der Waals surface area contributed by atoms with Crippen molar-refractivity contribution in [3.05, 3.63) is 81.0 Å². The minimum absolute atomic E-state index is 0.0479. The highest BCUT2D eigenvalue weighted by molar-refractivity contribution is 6.32. The predicted molar refractivity (Wildman–Crippen MR) is 101 cm³/mol. The maximum absolute atomic E-state index is 14.0. The van der Waals surface area contributed by atoms with Gasteiger partial charge in [0.15, 0.2) is 0 Å². The van der Waals surface area contributed by atoms with Crippen molar-refractivity contribution in [3.63, 3.8) is 0 Å². The van der Waals surface area contributed by atoms with Crippen LogP contribution >= 0.6 is 11.6 Å². The summed E-state index contributed by atoms with van der Waals surface area (Å²) >= 11 is 6.10. The number of hydrogen-bond acceptors (Lipinski definition) is 5. The molecule has 0 amide bonds. The number of hydrogen-bond donors (Lipinski definition) is 2. The third-order valence-corrected chi connectivity index (χ3v) is 4.40. The van der Waals surface area contributed by atoms with Crippen LogP contribution in [-0.4, -0.2) is 24.4 Å². The maximum atomic E-state index is 14.0. The van der Waals surface area contributed by atoms with Gasteiger partial charge in [-0.2, -0.15) is 5.10 Å². The summed E-state index contributed by atoms with van der Waals surface area (Å²) in [5, 5.41) is 9.13. The number of methoxy groups -OCH3 is 2. The molecule has 0 spiro atoms. The average Bonchev–Trinajstić information content (AvgIpc) is 2.69. The molecule has 0 saturated heterocycles. The van der Waals surface area contributed by atoms with Gasteiger partial charge in [0.25, 0.3) is 5.56 Å². The van der Waals surface area contributed by atoms with Gasteiger partial charge < -0.3 is 14.8 Å². The van der Waals surface area contributed by atoms with Crippen molar-refractivity contribution >= 4 is 17.3 Å². The van der Waals surface area contributed by atoms with Crippen molar-refractivity contribution < 1.29 is 13.9 Å². The van der Waals surface area contributed by atoms with E-state index < -0.39 is 17.4 Å². The third kappa shape index (κ3) is 4.03. The lowest BCUT2D eigenvalue weighted by molar-refractivity contribution is 0.406. The molecular formula is C19H17ClFN3O3. The number of benzene rings is 2. The Kier molecular flexibility index (Phi) is 5.61. The van der Waals surface area contributed by atoms with E-state index in [0.717, 1.165) is 5.56 Å². The van der Waals surface area contributed by atoms with E-state index in [1.807, 2.05) is 12.1 Å². The normalized spacial score (nSPS) is 11.7. The Bertz CT molecular complexity index is 1010. The first kappa shape index (κ1) is 18.7. The average molecular weight is 390 g/mol. The quantitative estimate of drug-likeness (QED) is 0.671. The van der Waals surface area contributed by atoms with Gasteiger partial charge >= 0.3 is 0 Å². The summed E-state index contributed by atoms with van der Waals surface area (Å²) in [5.41, 5.74) is 1.06. The Morgan fingerprint density at radius 1 is 1.19 bits per heavy atom. The van der Waals surface area contributed by atoms with Crippen LogP contribution in [0.5, 0.6) is 11.5 Å². The molecule has 0 aliphatic rings. The van der Waals surface area contributed by atoms with Crippen LogP contribution in [0.25, 0.3) is 0 Å². The first-order valence-corrected chi connectivity index (χ1v) is 8.38. The number of nitrogens with one attached hydrogen (secondary N) is 2. The molecule has 0 aliphatic heterocycles. The second-order valence-electron chi connectivity index (χ2n) is 5.67. The minimum Gasteiger partial charge on any atom is -0.497 e. The fraction of sp³-hybridized carbons (Fsp3) is 0.158. The van der Waals surface area contributed by atoms with Crippen LogP contribution in [0.4, 0.5) is 10.1 Å². The minimum atomic E-state index is -0.577. The monoisotopic (exact) mass is 389 g/mol. The number of anilines is 1. The van der Waals surface area contributed by atoms with E-state index in [-0.39, 0.29) is 5.02 Å². The van der Waals surface area contributed by atoms with Gasteiger partial charge in [0.1, 0.15) is 22.3 Å². The molecule has 0 fully saturated rings. The second kappa shape index (κ2) is 8.09. The smallest absolute Gasteiger partial charge is 0.285 e. The molecule has 2 aromatic carbocycles. The lowest BCUT2D eigenvalue weighted by Crippen LogP contribution is -2.17. The standard InChI is InChI=1S/C19H17ClFN3O3/c1-26-13-5-3-4-11(8-13)18(14-9-12(21)6-7-16(14)27-2)23-15-10-22-24-19(25)17(15)20/h3-10,18H,1-2H3,(H2,23,24,25). The molecule has 8 heteroatoms. The van der Waals surface area contributed by atoms with E-state index in [1.54, 1.807) is 19.2 Å². The van der Waals surface area contributed by atoms with Crippen LogP contribution in [0, 0.1) is 5.82 Å². The van der Waals surface area contributed by atoms with E-state index in [1.165, 1.54) is 31.5 Å². The fourth-order valence-corrected chi connectivity index (χ4v) is 2.88. The van der Waals surface area contributed by atoms with Crippen molar-refractivity contribution in [1.82, 2.24) is 10.2 Å². The highest BCUT2D eigenvalue weighted by Gasteiger charge is 2.21. The molecule has 0 radical (unpaired) electrons. The van der Waals surface area contributed by atoms with Crippen molar-refractivity contribution in [3.8, 4) is 11.5 Å². The lowest BCUT2D eigenvalue weighted by atomic mass is 9.97. The van der Waals surface area contributed by atoms with Crippen LogP contribution < -0.4 is 20.3 Å². The van der Waals surface area contributed by atoms with Crippen molar-refractivity contribution in [1.29, 1.82) is 0 Å². The van der Waals surface area contributed by atoms with Gasteiger partial charge in [-0.3, -0.25) is 4.79 Å². The molecule has 6 nitrogen and oxygen atoms in total. The van der Waals surface area contributed by atoms with E-state index in [2.05, 4.69) is 15.5 Å². The number of ether oxygens (including phenoxy) is 2. The summed E-state index contributed by atoms with van der Waals surface area (Å²) in [7, 11) is 3.06. The molecule has 0 saturated carbocycles. The zero-order valence-corrected chi connectivity index (χ0v) is 15.4. The summed E-state index contributed by atoms with van der Waals surface area (Å²) < 4.78 is 24.7.